The highest BCUT2D eigenvalue weighted by Gasteiger charge is 2.16. The maximum Gasteiger partial charge on any atom is 0.341 e. The monoisotopic (exact) mass is 331 g/mol. The molecule has 1 unspecified atom stereocenters. The molecule has 0 aliphatic heterocycles. The van der Waals surface area contributed by atoms with E-state index in [1.807, 2.05) is 0 Å². The number of benzene rings is 1. The number of carbonyl (C=O) groups is 2. The fourth-order valence-corrected chi connectivity index (χ4v) is 2.19. The van der Waals surface area contributed by atoms with Crippen LogP contribution < -0.4 is 5.32 Å². The molecule has 1 aromatic heterocycles. The average molecular weight is 331 g/mol. The summed E-state index contributed by atoms with van der Waals surface area (Å²) >= 11 is 0. The third kappa shape index (κ3) is 3.80. The lowest BCUT2D eigenvalue weighted by Gasteiger charge is -2.11. The standard InChI is InChI=1S/C17H21N3O4/c1-4-24-17(23)15-9-18-20(12(15)3)14-7-5-13(6-8-14)16(22)19-11(2)10-21/h5-9,11,21H,4,10H2,1-3H3,(H,19,22). The maximum atomic E-state index is 12.0. The molecule has 1 amide bonds. The molecule has 2 aromatic rings. The molecule has 1 atom stereocenters. The minimum Gasteiger partial charge on any atom is -0.462 e. The van der Waals surface area contributed by atoms with Gasteiger partial charge in [-0.3, -0.25) is 4.79 Å². The average Bonchev–Trinajstić information content (AvgIpc) is 2.96. The molecule has 0 fully saturated rings. The van der Waals surface area contributed by atoms with Crippen molar-refractivity contribution in [3.8, 4) is 5.69 Å². The predicted octanol–water partition coefficient (Wildman–Crippen LogP) is 1.47. The summed E-state index contributed by atoms with van der Waals surface area (Å²) in [7, 11) is 0. The van der Waals surface area contributed by atoms with Crippen molar-refractivity contribution in [2.75, 3.05) is 13.2 Å². The Kier molecular flexibility index (Phi) is 5.70. The van der Waals surface area contributed by atoms with E-state index in [1.165, 1.54) is 6.20 Å². The number of hydrogen-bond donors (Lipinski definition) is 2. The third-order valence-corrected chi connectivity index (χ3v) is 3.53. The fourth-order valence-electron chi connectivity index (χ4n) is 2.19. The van der Waals surface area contributed by atoms with Gasteiger partial charge in [0.2, 0.25) is 0 Å². The molecule has 0 radical (unpaired) electrons. The second kappa shape index (κ2) is 7.74. The predicted molar refractivity (Wildman–Crippen MR) is 88.3 cm³/mol. The summed E-state index contributed by atoms with van der Waals surface area (Å²) in [6.45, 7) is 5.44. The van der Waals surface area contributed by atoms with Crippen molar-refractivity contribution in [1.29, 1.82) is 0 Å². The van der Waals surface area contributed by atoms with Crippen LogP contribution in [0.2, 0.25) is 0 Å². The van der Waals surface area contributed by atoms with Crippen molar-refractivity contribution in [3.63, 3.8) is 0 Å². The second-order valence-electron chi connectivity index (χ2n) is 5.38. The summed E-state index contributed by atoms with van der Waals surface area (Å²) in [5, 5.41) is 15.9. The van der Waals surface area contributed by atoms with Crippen LogP contribution in [0.5, 0.6) is 0 Å². The van der Waals surface area contributed by atoms with E-state index in [-0.39, 0.29) is 18.6 Å². The van der Waals surface area contributed by atoms with Crippen LogP contribution >= 0.6 is 0 Å². The van der Waals surface area contributed by atoms with Gasteiger partial charge in [0.05, 0.1) is 30.8 Å². The molecule has 0 saturated heterocycles. The van der Waals surface area contributed by atoms with Crippen molar-refractivity contribution in [1.82, 2.24) is 15.1 Å². The van der Waals surface area contributed by atoms with Gasteiger partial charge in [0.1, 0.15) is 5.56 Å². The Bertz CT molecular complexity index is 722. The van der Waals surface area contributed by atoms with Crippen molar-refractivity contribution in [3.05, 3.63) is 47.3 Å². The second-order valence-corrected chi connectivity index (χ2v) is 5.38. The molecule has 0 aliphatic rings. The molecule has 0 aliphatic carbocycles. The smallest absolute Gasteiger partial charge is 0.341 e. The van der Waals surface area contributed by atoms with Crippen molar-refractivity contribution in [2.24, 2.45) is 0 Å². The van der Waals surface area contributed by atoms with Crippen LogP contribution in [-0.4, -0.2) is 46.0 Å². The minimum atomic E-state index is -0.407. The lowest BCUT2D eigenvalue weighted by molar-refractivity contribution is 0.0525. The van der Waals surface area contributed by atoms with Gasteiger partial charge in [0.25, 0.3) is 5.91 Å². The first kappa shape index (κ1) is 17.7. The van der Waals surface area contributed by atoms with Crippen LogP contribution in [0.1, 0.15) is 40.3 Å². The number of rotatable bonds is 6. The Labute approximate surface area is 140 Å². The number of ether oxygens (including phenoxy) is 1. The summed E-state index contributed by atoms with van der Waals surface area (Å²) in [6.07, 6.45) is 1.47. The minimum absolute atomic E-state index is 0.118. The molecular weight excluding hydrogens is 310 g/mol. The van der Waals surface area contributed by atoms with Gasteiger partial charge in [-0.2, -0.15) is 5.10 Å². The van der Waals surface area contributed by atoms with Gasteiger partial charge in [0, 0.05) is 11.6 Å². The number of hydrogen-bond acceptors (Lipinski definition) is 5. The highest BCUT2D eigenvalue weighted by molar-refractivity contribution is 5.94. The normalized spacial score (nSPS) is 11.8. The Morgan fingerprint density at radius 1 is 1.33 bits per heavy atom. The van der Waals surface area contributed by atoms with Gasteiger partial charge in [-0.05, 0) is 45.0 Å². The van der Waals surface area contributed by atoms with E-state index in [1.54, 1.807) is 49.7 Å². The Morgan fingerprint density at radius 2 is 2.00 bits per heavy atom. The summed E-state index contributed by atoms with van der Waals surface area (Å²) in [4.78, 5) is 23.8. The third-order valence-electron chi connectivity index (χ3n) is 3.53. The van der Waals surface area contributed by atoms with Crippen LogP contribution in [0, 0.1) is 6.92 Å². The molecule has 2 rings (SSSR count). The van der Waals surface area contributed by atoms with E-state index in [4.69, 9.17) is 9.84 Å². The van der Waals surface area contributed by atoms with Crippen LogP contribution in [0.25, 0.3) is 5.69 Å². The number of aliphatic hydroxyl groups excluding tert-OH is 1. The first-order valence-electron chi connectivity index (χ1n) is 7.71. The van der Waals surface area contributed by atoms with Crippen LogP contribution in [0.4, 0.5) is 0 Å². The van der Waals surface area contributed by atoms with Crippen molar-refractivity contribution in [2.45, 2.75) is 26.8 Å². The van der Waals surface area contributed by atoms with E-state index < -0.39 is 5.97 Å². The van der Waals surface area contributed by atoms with Crippen LogP contribution in [0.3, 0.4) is 0 Å². The van der Waals surface area contributed by atoms with Gasteiger partial charge in [-0.15, -0.1) is 0 Å². The van der Waals surface area contributed by atoms with Crippen molar-refractivity contribution >= 4 is 11.9 Å². The van der Waals surface area contributed by atoms with Crippen LogP contribution in [-0.2, 0) is 4.74 Å². The summed E-state index contributed by atoms with van der Waals surface area (Å²) in [6, 6.07) is 6.51. The van der Waals surface area contributed by atoms with Crippen LogP contribution in [0.15, 0.2) is 30.5 Å². The number of esters is 1. The zero-order valence-electron chi connectivity index (χ0n) is 13.9. The molecular formula is C17H21N3O4. The Morgan fingerprint density at radius 3 is 2.58 bits per heavy atom. The zero-order valence-corrected chi connectivity index (χ0v) is 13.9. The molecule has 0 spiro atoms. The molecule has 7 nitrogen and oxygen atoms in total. The SMILES string of the molecule is CCOC(=O)c1cnn(-c2ccc(C(=O)NC(C)CO)cc2)c1C. The highest BCUT2D eigenvalue weighted by atomic mass is 16.5. The molecule has 7 heteroatoms. The van der Waals surface area contributed by atoms with Gasteiger partial charge < -0.3 is 15.2 Å². The topological polar surface area (TPSA) is 93.5 Å². The van der Waals surface area contributed by atoms with E-state index >= 15 is 0 Å². The summed E-state index contributed by atoms with van der Waals surface area (Å²) < 4.78 is 6.61. The molecule has 1 heterocycles. The number of amides is 1. The van der Waals surface area contributed by atoms with E-state index in [2.05, 4.69) is 10.4 Å². The van der Waals surface area contributed by atoms with Gasteiger partial charge >= 0.3 is 5.97 Å². The van der Waals surface area contributed by atoms with E-state index in [9.17, 15) is 9.59 Å². The van der Waals surface area contributed by atoms with Gasteiger partial charge in [-0.1, -0.05) is 0 Å². The molecule has 0 saturated carbocycles. The molecule has 128 valence electrons. The highest BCUT2D eigenvalue weighted by Crippen LogP contribution is 2.16. The number of aromatic nitrogens is 2. The molecule has 2 N–H and O–H groups in total. The Hall–Kier alpha value is -2.67. The fraction of sp³-hybridized carbons (Fsp3) is 0.353. The number of carbonyl (C=O) groups excluding carboxylic acids is 2. The summed E-state index contributed by atoms with van der Waals surface area (Å²) in [5.74, 6) is -0.664. The number of nitrogens with one attached hydrogen (secondary N) is 1. The molecule has 24 heavy (non-hydrogen) atoms. The molecule has 1 aromatic carbocycles. The van der Waals surface area contributed by atoms with E-state index in [0.29, 0.717) is 23.4 Å². The first-order valence-corrected chi connectivity index (χ1v) is 7.71. The lowest BCUT2D eigenvalue weighted by Crippen LogP contribution is -2.34. The quantitative estimate of drug-likeness (QED) is 0.782. The number of nitrogens with zero attached hydrogens (tertiary/aromatic N) is 2. The zero-order chi connectivity index (χ0) is 17.7. The first-order chi connectivity index (χ1) is 11.5. The molecule has 0 bridgehead atoms. The van der Waals surface area contributed by atoms with E-state index in [0.717, 1.165) is 5.69 Å². The Balaban J connectivity index is 2.19. The van der Waals surface area contributed by atoms with Gasteiger partial charge in [-0.25, -0.2) is 9.48 Å². The summed E-state index contributed by atoms with van der Waals surface area (Å²) in [5.41, 5.74) is 2.29. The largest absolute Gasteiger partial charge is 0.462 e. The van der Waals surface area contributed by atoms with Gasteiger partial charge in [0.15, 0.2) is 0 Å². The lowest BCUT2D eigenvalue weighted by atomic mass is 10.1. The maximum absolute atomic E-state index is 12.0. The van der Waals surface area contributed by atoms with Crippen molar-refractivity contribution < 1.29 is 19.4 Å². The number of aliphatic hydroxyl groups is 1.